The molecular formula is C10H12BrNO3. The van der Waals surface area contributed by atoms with Crippen LogP contribution in [0.25, 0.3) is 0 Å². The molecule has 2 N–H and O–H groups in total. The molecule has 15 heavy (non-hydrogen) atoms. The lowest BCUT2D eigenvalue weighted by Gasteiger charge is -2.13. The molecule has 1 aromatic carbocycles. The van der Waals surface area contributed by atoms with Gasteiger partial charge in [0.15, 0.2) is 11.5 Å². The Morgan fingerprint density at radius 3 is 2.73 bits per heavy atom. The van der Waals surface area contributed by atoms with Crippen LogP contribution in [0.3, 0.4) is 0 Å². The monoisotopic (exact) mass is 273 g/mol. The molecule has 0 radical (unpaired) electrons. The van der Waals surface area contributed by atoms with E-state index in [0.717, 1.165) is 0 Å². The smallest absolute Gasteiger partial charge is 0.231 e. The Labute approximate surface area is 96.4 Å². The van der Waals surface area contributed by atoms with Gasteiger partial charge in [-0.25, -0.2) is 0 Å². The molecule has 0 atom stereocenters. The number of nitrogens with two attached hydrogens (primary N) is 1. The highest BCUT2D eigenvalue weighted by atomic mass is 79.9. The Morgan fingerprint density at radius 2 is 2.07 bits per heavy atom. The normalized spacial score (nSPS) is 13.3. The minimum Gasteiger partial charge on any atom is -0.487 e. The van der Waals surface area contributed by atoms with E-state index in [-0.39, 0.29) is 12.9 Å². The Balaban J connectivity index is 2.47. The second-order valence-electron chi connectivity index (χ2n) is 3.51. The van der Waals surface area contributed by atoms with Crippen LogP contribution in [-0.2, 0) is 0 Å². The van der Waals surface area contributed by atoms with Gasteiger partial charge >= 0.3 is 0 Å². The predicted molar refractivity (Wildman–Crippen MR) is 60.4 cm³/mol. The molecule has 4 nitrogen and oxygen atoms in total. The second kappa shape index (κ2) is 3.81. The number of nitrogen functional groups attached to an aromatic ring is 1. The third-order valence-electron chi connectivity index (χ3n) is 1.94. The van der Waals surface area contributed by atoms with Gasteiger partial charge in [0, 0.05) is 6.07 Å². The molecule has 0 aliphatic carbocycles. The summed E-state index contributed by atoms with van der Waals surface area (Å²) in [5.41, 5.74) is 6.39. The van der Waals surface area contributed by atoms with Crippen LogP contribution in [0.5, 0.6) is 17.2 Å². The van der Waals surface area contributed by atoms with Crippen molar-refractivity contribution < 1.29 is 14.2 Å². The Morgan fingerprint density at radius 1 is 1.40 bits per heavy atom. The first-order valence-electron chi connectivity index (χ1n) is 4.64. The van der Waals surface area contributed by atoms with Crippen molar-refractivity contribution >= 4 is 21.6 Å². The number of hydrogen-bond acceptors (Lipinski definition) is 4. The van der Waals surface area contributed by atoms with Crippen molar-refractivity contribution in [1.29, 1.82) is 0 Å². The van der Waals surface area contributed by atoms with Crippen LogP contribution in [0.1, 0.15) is 13.8 Å². The van der Waals surface area contributed by atoms with Crippen LogP contribution in [0, 0.1) is 0 Å². The number of halogens is 1. The van der Waals surface area contributed by atoms with Gasteiger partial charge in [-0.1, -0.05) is 0 Å². The summed E-state index contributed by atoms with van der Waals surface area (Å²) in [6, 6.07) is 1.73. The van der Waals surface area contributed by atoms with Crippen LogP contribution in [0.15, 0.2) is 10.5 Å². The van der Waals surface area contributed by atoms with Crippen LogP contribution in [0.4, 0.5) is 5.69 Å². The maximum Gasteiger partial charge on any atom is 0.231 e. The maximum atomic E-state index is 5.81. The lowest BCUT2D eigenvalue weighted by molar-refractivity contribution is 0.165. The summed E-state index contributed by atoms with van der Waals surface area (Å²) in [5.74, 6) is 1.86. The Bertz CT molecular complexity index is 393. The fraction of sp³-hybridized carbons (Fsp3) is 0.400. The van der Waals surface area contributed by atoms with Gasteiger partial charge in [-0.05, 0) is 29.8 Å². The fourth-order valence-electron chi connectivity index (χ4n) is 1.37. The van der Waals surface area contributed by atoms with Crippen molar-refractivity contribution in [1.82, 2.24) is 0 Å². The first kappa shape index (κ1) is 10.4. The van der Waals surface area contributed by atoms with Crippen molar-refractivity contribution in [3.05, 3.63) is 10.5 Å². The van der Waals surface area contributed by atoms with Crippen LogP contribution >= 0.6 is 15.9 Å². The number of ether oxygens (including phenoxy) is 3. The number of anilines is 1. The first-order valence-corrected chi connectivity index (χ1v) is 5.43. The zero-order valence-corrected chi connectivity index (χ0v) is 10.1. The third-order valence-corrected chi connectivity index (χ3v) is 2.76. The van der Waals surface area contributed by atoms with E-state index >= 15 is 0 Å². The lowest BCUT2D eigenvalue weighted by Crippen LogP contribution is -2.06. The topological polar surface area (TPSA) is 53.7 Å². The van der Waals surface area contributed by atoms with E-state index in [0.29, 0.717) is 27.4 Å². The summed E-state index contributed by atoms with van der Waals surface area (Å²) in [6.07, 6.45) is 0.0684. The fourth-order valence-corrected chi connectivity index (χ4v) is 1.78. The number of rotatable bonds is 2. The minimum atomic E-state index is 0.0684. The number of benzene rings is 1. The molecule has 1 aliphatic heterocycles. The van der Waals surface area contributed by atoms with Crippen LogP contribution in [-0.4, -0.2) is 12.9 Å². The minimum absolute atomic E-state index is 0.0684. The highest BCUT2D eigenvalue weighted by molar-refractivity contribution is 9.10. The van der Waals surface area contributed by atoms with Gasteiger partial charge < -0.3 is 19.9 Å². The van der Waals surface area contributed by atoms with Gasteiger partial charge in [0.1, 0.15) is 0 Å². The van der Waals surface area contributed by atoms with Crippen LogP contribution < -0.4 is 19.9 Å². The molecule has 0 amide bonds. The predicted octanol–water partition coefficient (Wildman–Crippen LogP) is 2.55. The molecule has 0 spiro atoms. The molecule has 1 heterocycles. The molecule has 1 aliphatic rings. The van der Waals surface area contributed by atoms with Gasteiger partial charge in [-0.15, -0.1) is 0 Å². The third kappa shape index (κ3) is 1.84. The molecule has 0 aromatic heterocycles. The molecule has 1 aromatic rings. The van der Waals surface area contributed by atoms with Crippen molar-refractivity contribution in [3.63, 3.8) is 0 Å². The highest BCUT2D eigenvalue weighted by Crippen LogP contribution is 2.49. The zero-order chi connectivity index (χ0) is 11.0. The van der Waals surface area contributed by atoms with E-state index in [1.807, 2.05) is 13.8 Å². The molecule has 82 valence electrons. The quantitative estimate of drug-likeness (QED) is 0.842. The molecular weight excluding hydrogens is 262 g/mol. The second-order valence-corrected chi connectivity index (χ2v) is 4.30. The largest absolute Gasteiger partial charge is 0.487 e. The average molecular weight is 274 g/mol. The average Bonchev–Trinajstić information content (AvgIpc) is 2.61. The van der Waals surface area contributed by atoms with E-state index in [1.54, 1.807) is 6.07 Å². The highest BCUT2D eigenvalue weighted by Gasteiger charge is 2.24. The van der Waals surface area contributed by atoms with Crippen molar-refractivity contribution in [2.24, 2.45) is 0 Å². The SMILES string of the molecule is CC(C)Oc1cc(N)c(Br)c2c1OCO2. The summed E-state index contributed by atoms with van der Waals surface area (Å²) in [5, 5.41) is 0. The Hall–Kier alpha value is -1.10. The van der Waals surface area contributed by atoms with E-state index in [2.05, 4.69) is 15.9 Å². The summed E-state index contributed by atoms with van der Waals surface area (Å²) in [4.78, 5) is 0. The summed E-state index contributed by atoms with van der Waals surface area (Å²) >= 11 is 3.35. The molecule has 0 fully saturated rings. The van der Waals surface area contributed by atoms with E-state index in [4.69, 9.17) is 19.9 Å². The summed E-state index contributed by atoms with van der Waals surface area (Å²) in [7, 11) is 0. The van der Waals surface area contributed by atoms with E-state index < -0.39 is 0 Å². The zero-order valence-electron chi connectivity index (χ0n) is 8.54. The van der Waals surface area contributed by atoms with Crippen molar-refractivity contribution in [2.75, 3.05) is 12.5 Å². The molecule has 0 saturated carbocycles. The van der Waals surface area contributed by atoms with Crippen molar-refractivity contribution in [3.8, 4) is 17.2 Å². The Kier molecular flexibility index (Phi) is 2.65. The lowest BCUT2D eigenvalue weighted by atomic mass is 10.2. The van der Waals surface area contributed by atoms with Gasteiger partial charge in [0.2, 0.25) is 12.5 Å². The number of hydrogen-bond donors (Lipinski definition) is 1. The van der Waals surface area contributed by atoms with E-state index in [9.17, 15) is 0 Å². The molecule has 2 rings (SSSR count). The maximum absolute atomic E-state index is 5.81. The van der Waals surface area contributed by atoms with Gasteiger partial charge in [0.05, 0.1) is 16.3 Å². The molecule has 0 unspecified atom stereocenters. The molecule has 0 bridgehead atoms. The van der Waals surface area contributed by atoms with Gasteiger partial charge in [0.25, 0.3) is 0 Å². The van der Waals surface area contributed by atoms with Gasteiger partial charge in [-0.3, -0.25) is 0 Å². The van der Waals surface area contributed by atoms with Gasteiger partial charge in [-0.2, -0.15) is 0 Å². The standard InChI is InChI=1S/C10H12BrNO3/c1-5(2)15-7-3-6(12)8(11)10-9(7)13-4-14-10/h3,5H,4,12H2,1-2H3. The summed E-state index contributed by atoms with van der Waals surface area (Å²) < 4.78 is 16.9. The number of fused-ring (bicyclic) bond motifs is 1. The summed E-state index contributed by atoms with van der Waals surface area (Å²) in [6.45, 7) is 4.09. The van der Waals surface area contributed by atoms with Crippen LogP contribution in [0.2, 0.25) is 0 Å². The van der Waals surface area contributed by atoms with E-state index in [1.165, 1.54) is 0 Å². The molecule has 0 saturated heterocycles. The molecule has 5 heteroatoms. The van der Waals surface area contributed by atoms with Crippen molar-refractivity contribution in [2.45, 2.75) is 20.0 Å². The first-order chi connectivity index (χ1) is 7.09.